The van der Waals surface area contributed by atoms with E-state index in [4.69, 9.17) is 20.8 Å². The maximum absolute atomic E-state index is 12.1. The third kappa shape index (κ3) is 3.73. The molecule has 1 aromatic carbocycles. The first-order valence-corrected chi connectivity index (χ1v) is 8.39. The second-order valence-corrected chi connectivity index (χ2v) is 6.27. The van der Waals surface area contributed by atoms with E-state index in [0.717, 1.165) is 19.4 Å². The smallest absolute Gasteiger partial charge is 0.421 e. The van der Waals surface area contributed by atoms with Crippen molar-refractivity contribution >= 4 is 28.8 Å². The molecular formula is C16H20ClN3O4. The maximum Gasteiger partial charge on any atom is 0.421 e. The summed E-state index contributed by atoms with van der Waals surface area (Å²) in [5, 5.41) is 3.41. The predicted molar refractivity (Wildman–Crippen MR) is 90.2 cm³/mol. The van der Waals surface area contributed by atoms with Crippen LogP contribution >= 0.6 is 11.6 Å². The molecule has 24 heavy (non-hydrogen) atoms. The molecule has 0 radical (unpaired) electrons. The van der Waals surface area contributed by atoms with Crippen LogP contribution in [0.15, 0.2) is 27.4 Å². The Labute approximate surface area is 144 Å². The summed E-state index contributed by atoms with van der Waals surface area (Å²) in [6, 6.07) is 5.11. The quantitative estimate of drug-likeness (QED) is 0.913. The number of hydrogen-bond acceptors (Lipinski definition) is 5. The lowest BCUT2D eigenvalue weighted by Gasteiger charge is -2.32. The molecule has 1 N–H and O–H groups in total. The summed E-state index contributed by atoms with van der Waals surface area (Å²) in [4.78, 5) is 25.8. The average Bonchev–Trinajstić information content (AvgIpc) is 2.84. The molecule has 1 aromatic heterocycles. The normalized spacial score (nSPS) is 18.7. The van der Waals surface area contributed by atoms with Gasteiger partial charge in [0.15, 0.2) is 5.58 Å². The number of fused-ring (bicyclic) bond motifs is 1. The summed E-state index contributed by atoms with van der Waals surface area (Å²) in [5.41, 5.74) is 1.19. The third-order valence-electron chi connectivity index (χ3n) is 4.07. The minimum Gasteiger partial charge on any atom is -0.450 e. The Balaban J connectivity index is 1.72. The van der Waals surface area contributed by atoms with Crippen molar-refractivity contribution < 1.29 is 13.9 Å². The highest BCUT2D eigenvalue weighted by Gasteiger charge is 2.23. The van der Waals surface area contributed by atoms with Crippen LogP contribution in [0, 0.1) is 0 Å². The van der Waals surface area contributed by atoms with Crippen LogP contribution in [-0.2, 0) is 11.4 Å². The number of carbonyl (C=O) groups is 1. The predicted octanol–water partition coefficient (Wildman–Crippen LogP) is 2.42. The van der Waals surface area contributed by atoms with Gasteiger partial charge in [-0.15, -0.1) is 0 Å². The molecular weight excluding hydrogens is 334 g/mol. The largest absolute Gasteiger partial charge is 0.450 e. The van der Waals surface area contributed by atoms with Crippen molar-refractivity contribution in [2.24, 2.45) is 0 Å². The van der Waals surface area contributed by atoms with Gasteiger partial charge < -0.3 is 14.5 Å². The number of nitrogens with one attached hydrogen (secondary N) is 1. The molecule has 1 saturated heterocycles. The lowest BCUT2D eigenvalue weighted by molar-refractivity contribution is 0.123. The molecule has 8 heteroatoms. The number of benzene rings is 1. The Kier molecular flexibility index (Phi) is 5.11. The molecule has 7 nitrogen and oxygen atoms in total. The van der Waals surface area contributed by atoms with Gasteiger partial charge in [-0.2, -0.15) is 0 Å². The van der Waals surface area contributed by atoms with E-state index < -0.39 is 11.8 Å². The number of hydrogen-bond donors (Lipinski definition) is 1. The highest BCUT2D eigenvalue weighted by Crippen LogP contribution is 2.19. The Morgan fingerprint density at radius 2 is 2.33 bits per heavy atom. The summed E-state index contributed by atoms with van der Waals surface area (Å²) in [5.74, 6) is -0.409. The zero-order valence-corrected chi connectivity index (χ0v) is 14.2. The maximum atomic E-state index is 12.1. The first-order chi connectivity index (χ1) is 11.6. The van der Waals surface area contributed by atoms with E-state index in [-0.39, 0.29) is 6.04 Å². The van der Waals surface area contributed by atoms with Crippen LogP contribution in [0.2, 0.25) is 5.02 Å². The van der Waals surface area contributed by atoms with Crippen molar-refractivity contribution in [2.45, 2.75) is 32.5 Å². The van der Waals surface area contributed by atoms with Gasteiger partial charge in [0, 0.05) is 17.6 Å². The second-order valence-electron chi connectivity index (χ2n) is 5.83. The molecule has 1 aliphatic rings. The number of aromatic nitrogens is 1. The van der Waals surface area contributed by atoms with Crippen LogP contribution in [0.4, 0.5) is 4.79 Å². The molecule has 0 bridgehead atoms. The minimum atomic E-state index is -0.409. The van der Waals surface area contributed by atoms with Crippen LogP contribution in [0.5, 0.6) is 0 Å². The average molecular weight is 354 g/mol. The number of ether oxygens (including phenoxy) is 1. The fourth-order valence-corrected chi connectivity index (χ4v) is 3.18. The van der Waals surface area contributed by atoms with Crippen molar-refractivity contribution in [2.75, 3.05) is 19.7 Å². The van der Waals surface area contributed by atoms with Crippen molar-refractivity contribution in [3.8, 4) is 0 Å². The van der Waals surface area contributed by atoms with Gasteiger partial charge in [-0.3, -0.25) is 9.47 Å². The van der Waals surface area contributed by atoms with E-state index >= 15 is 0 Å². The molecule has 1 atom stereocenters. The molecule has 1 amide bonds. The Morgan fingerprint density at radius 1 is 1.50 bits per heavy atom. The second kappa shape index (κ2) is 7.27. The van der Waals surface area contributed by atoms with Gasteiger partial charge in [-0.05, 0) is 44.5 Å². The van der Waals surface area contributed by atoms with E-state index in [0.29, 0.717) is 35.9 Å². The fourth-order valence-electron chi connectivity index (χ4n) is 3.01. The van der Waals surface area contributed by atoms with Crippen LogP contribution < -0.4 is 11.1 Å². The number of nitrogens with zero attached hydrogens (tertiary/aromatic N) is 2. The van der Waals surface area contributed by atoms with Crippen LogP contribution in [-0.4, -0.2) is 41.3 Å². The molecule has 130 valence electrons. The van der Waals surface area contributed by atoms with Crippen molar-refractivity contribution in [1.82, 2.24) is 14.8 Å². The van der Waals surface area contributed by atoms with Gasteiger partial charge in [0.1, 0.15) is 0 Å². The number of carbonyl (C=O) groups excluding carboxylic acids is 1. The SMILES string of the molecule is CCOC(=O)N[C@H]1CCCN(Cn2c(=O)oc3ccc(Cl)cc32)C1. The van der Waals surface area contributed by atoms with Crippen molar-refractivity contribution in [1.29, 1.82) is 0 Å². The zero-order valence-electron chi connectivity index (χ0n) is 13.5. The standard InChI is InChI=1S/C16H20ClN3O4/c1-2-23-15(21)18-12-4-3-7-19(9-12)10-20-13-8-11(17)5-6-14(13)24-16(20)22/h5-6,8,12H,2-4,7,9-10H2,1H3,(H,18,21)/t12-/m0/s1. The monoisotopic (exact) mass is 353 g/mol. The van der Waals surface area contributed by atoms with Gasteiger partial charge >= 0.3 is 11.8 Å². The number of piperidine rings is 1. The summed E-state index contributed by atoms with van der Waals surface area (Å²) in [6.45, 7) is 4.01. The number of halogens is 1. The van der Waals surface area contributed by atoms with E-state index in [9.17, 15) is 9.59 Å². The van der Waals surface area contributed by atoms with E-state index in [1.807, 2.05) is 0 Å². The number of likely N-dealkylation sites (tertiary alicyclic amines) is 1. The van der Waals surface area contributed by atoms with E-state index in [1.165, 1.54) is 0 Å². The lowest BCUT2D eigenvalue weighted by Crippen LogP contribution is -2.48. The molecule has 3 rings (SSSR count). The molecule has 2 heterocycles. The summed E-state index contributed by atoms with van der Waals surface area (Å²) >= 11 is 6.02. The Morgan fingerprint density at radius 3 is 3.12 bits per heavy atom. The number of alkyl carbamates (subject to hydrolysis) is 1. The molecule has 1 fully saturated rings. The van der Waals surface area contributed by atoms with Gasteiger partial charge in [0.05, 0.1) is 18.8 Å². The van der Waals surface area contributed by atoms with Gasteiger partial charge in [-0.1, -0.05) is 11.6 Å². The number of oxazole rings is 1. The summed E-state index contributed by atoms with van der Waals surface area (Å²) in [6.07, 6.45) is 1.42. The van der Waals surface area contributed by atoms with Crippen LogP contribution in [0.25, 0.3) is 11.1 Å². The first kappa shape index (κ1) is 16.9. The first-order valence-electron chi connectivity index (χ1n) is 8.01. The van der Waals surface area contributed by atoms with E-state index in [1.54, 1.807) is 29.7 Å². The van der Waals surface area contributed by atoms with Crippen LogP contribution in [0.3, 0.4) is 0 Å². The Hall–Kier alpha value is -1.99. The van der Waals surface area contributed by atoms with Crippen LogP contribution in [0.1, 0.15) is 19.8 Å². The number of rotatable bonds is 4. The zero-order chi connectivity index (χ0) is 17.1. The third-order valence-corrected chi connectivity index (χ3v) is 4.31. The molecule has 2 aromatic rings. The highest BCUT2D eigenvalue weighted by molar-refractivity contribution is 6.31. The van der Waals surface area contributed by atoms with E-state index in [2.05, 4.69) is 10.2 Å². The fraction of sp³-hybridized carbons (Fsp3) is 0.500. The Bertz CT molecular complexity index is 785. The summed E-state index contributed by atoms with van der Waals surface area (Å²) in [7, 11) is 0. The summed E-state index contributed by atoms with van der Waals surface area (Å²) < 4.78 is 11.7. The number of amides is 1. The molecule has 0 spiro atoms. The highest BCUT2D eigenvalue weighted by atomic mass is 35.5. The topological polar surface area (TPSA) is 76.7 Å². The molecule has 0 aliphatic carbocycles. The van der Waals surface area contributed by atoms with Gasteiger partial charge in [0.25, 0.3) is 0 Å². The van der Waals surface area contributed by atoms with Gasteiger partial charge in [0.2, 0.25) is 0 Å². The lowest BCUT2D eigenvalue weighted by atomic mass is 10.1. The molecule has 0 saturated carbocycles. The molecule has 0 unspecified atom stereocenters. The minimum absolute atomic E-state index is 0.00950. The molecule has 1 aliphatic heterocycles. The van der Waals surface area contributed by atoms with Crippen molar-refractivity contribution in [3.63, 3.8) is 0 Å². The van der Waals surface area contributed by atoms with Crippen molar-refractivity contribution in [3.05, 3.63) is 33.8 Å². The van der Waals surface area contributed by atoms with Gasteiger partial charge in [-0.25, -0.2) is 9.59 Å².